The summed E-state index contributed by atoms with van der Waals surface area (Å²) in [6.07, 6.45) is 0. The van der Waals surface area contributed by atoms with Gasteiger partial charge in [0, 0.05) is 17.1 Å². The molecule has 0 amide bonds. The lowest BCUT2D eigenvalue weighted by atomic mass is 10.1. The van der Waals surface area contributed by atoms with Gasteiger partial charge >= 0.3 is 0 Å². The van der Waals surface area contributed by atoms with Gasteiger partial charge in [-0.2, -0.15) is 0 Å². The third-order valence-electron chi connectivity index (χ3n) is 13.1. The van der Waals surface area contributed by atoms with Gasteiger partial charge in [-0.1, -0.05) is 105 Å². The van der Waals surface area contributed by atoms with Crippen molar-refractivity contribution >= 4 is 110 Å². The average molecular weight is 768 g/mol. The Labute approximate surface area is 330 Å². The molecule has 0 saturated heterocycles. The minimum atomic E-state index is -2.14. The molecule has 13 rings (SSSR count). The molecule has 0 bridgehead atoms. The largest absolute Gasteiger partial charge is 0.311 e. The summed E-state index contributed by atoms with van der Waals surface area (Å²) >= 11 is 0. The first-order valence-corrected chi connectivity index (χ1v) is 25.8. The van der Waals surface area contributed by atoms with Gasteiger partial charge in [0.2, 0.25) is 11.6 Å². The molecule has 0 saturated carbocycles. The van der Waals surface area contributed by atoms with E-state index < -0.39 is 16.1 Å². The maximum atomic E-state index is 5.25. The molecule has 7 aromatic carbocycles. The Hall–Kier alpha value is -6.69. The quantitative estimate of drug-likeness (QED) is 0.165. The Morgan fingerprint density at radius 3 is 1.25 bits per heavy atom. The van der Waals surface area contributed by atoms with Gasteiger partial charge in [-0.05, 0) is 93.5 Å². The third-order valence-corrected chi connectivity index (χ3v) is 20.2. The highest BCUT2D eigenvalue weighted by Crippen LogP contribution is 2.43. The summed E-state index contributed by atoms with van der Waals surface area (Å²) in [6.45, 7) is 10.1. The maximum absolute atomic E-state index is 5.25. The Bertz CT molecular complexity index is 3330. The summed E-state index contributed by atoms with van der Waals surface area (Å²) in [4.78, 5) is 13.1. The van der Waals surface area contributed by atoms with Crippen LogP contribution >= 0.6 is 0 Å². The van der Waals surface area contributed by atoms with E-state index in [4.69, 9.17) is 9.97 Å². The van der Waals surface area contributed by atoms with Crippen LogP contribution in [0.2, 0.25) is 26.2 Å². The standard InChI is InChI=1S/C48H37N7Si2/c1-56(2)42-26-24-30(51-36-18-9-11-20-38(36)54-34-16-7-5-14-32(34)49-47(51)54)28-40(42)53-41-29-31(25-27-43(41)57(3,4)45-23-13-22-44(56)46(45)53)52-37-19-10-12-21-39(37)55-35-17-8-6-15-33(35)50-48(52)55/h5-29H,1-4H3. The van der Waals surface area contributed by atoms with Gasteiger partial charge in [0.1, 0.15) is 16.1 Å². The van der Waals surface area contributed by atoms with Gasteiger partial charge in [0.15, 0.2) is 0 Å². The minimum absolute atomic E-state index is 0.927. The van der Waals surface area contributed by atoms with Gasteiger partial charge in [-0.15, -0.1) is 0 Å². The van der Waals surface area contributed by atoms with Gasteiger partial charge in [0.25, 0.3) is 0 Å². The van der Waals surface area contributed by atoms with E-state index in [1.165, 1.54) is 37.8 Å². The van der Waals surface area contributed by atoms with Crippen molar-refractivity contribution in [2.45, 2.75) is 26.2 Å². The molecule has 2 aliphatic rings. The summed E-state index contributed by atoms with van der Waals surface area (Å²) in [5.41, 5.74) is 15.0. The number of benzene rings is 7. The number of aromatic nitrogens is 6. The summed E-state index contributed by atoms with van der Waals surface area (Å²) in [6, 6.07) is 55.9. The number of anilines is 3. The first-order chi connectivity index (χ1) is 27.8. The first-order valence-electron chi connectivity index (χ1n) is 19.8. The lowest BCUT2D eigenvalue weighted by Gasteiger charge is -2.48. The Morgan fingerprint density at radius 1 is 0.386 bits per heavy atom. The molecular formula is C48H37N7Si2. The highest BCUT2D eigenvalue weighted by Gasteiger charge is 2.47. The predicted octanol–water partition coefficient (Wildman–Crippen LogP) is 8.92. The SMILES string of the molecule is C[Si]1(C)c2ccc(-n3c4ccccc4n4c5ccccc5nc34)cc2N2c3cc(-n4c5ccccc5n5c6ccccc6nc45)ccc3[Si](C)(C)c3cccc1c32. The molecule has 57 heavy (non-hydrogen) atoms. The molecule has 9 heteroatoms. The molecule has 0 radical (unpaired) electrons. The van der Waals surface area contributed by atoms with Crippen LogP contribution in [0.5, 0.6) is 0 Å². The van der Waals surface area contributed by atoms with Crippen molar-refractivity contribution in [1.29, 1.82) is 0 Å². The molecule has 0 N–H and O–H groups in total. The monoisotopic (exact) mass is 767 g/mol. The number of hydrogen-bond acceptors (Lipinski definition) is 3. The summed E-state index contributed by atoms with van der Waals surface area (Å²) < 4.78 is 9.34. The van der Waals surface area contributed by atoms with E-state index in [0.29, 0.717) is 0 Å². The maximum Gasteiger partial charge on any atom is 0.220 e. The Kier molecular flexibility index (Phi) is 5.85. The topological polar surface area (TPSA) is 47.7 Å². The van der Waals surface area contributed by atoms with E-state index in [0.717, 1.165) is 67.1 Å². The lowest BCUT2D eigenvalue weighted by Crippen LogP contribution is -2.66. The molecule has 7 nitrogen and oxygen atoms in total. The second-order valence-corrected chi connectivity index (χ2v) is 25.5. The highest BCUT2D eigenvalue weighted by molar-refractivity contribution is 7.06. The zero-order chi connectivity index (χ0) is 37.9. The minimum Gasteiger partial charge on any atom is -0.311 e. The van der Waals surface area contributed by atoms with Crippen molar-refractivity contribution in [1.82, 2.24) is 27.9 Å². The third kappa shape index (κ3) is 3.85. The van der Waals surface area contributed by atoms with E-state index in [1.807, 2.05) is 0 Å². The van der Waals surface area contributed by atoms with Crippen molar-refractivity contribution in [3.05, 3.63) is 152 Å². The van der Waals surface area contributed by atoms with Crippen molar-refractivity contribution in [2.24, 2.45) is 0 Å². The van der Waals surface area contributed by atoms with E-state index in [-0.39, 0.29) is 0 Å². The van der Waals surface area contributed by atoms with Crippen molar-refractivity contribution in [3.8, 4) is 11.4 Å². The summed E-state index contributed by atoms with van der Waals surface area (Å²) in [7, 11) is -4.28. The molecule has 4 aromatic heterocycles. The first kappa shape index (κ1) is 31.5. The van der Waals surface area contributed by atoms with E-state index in [1.54, 1.807) is 0 Å². The number of para-hydroxylation sites is 9. The Balaban J connectivity index is 1.11. The zero-order valence-corrected chi connectivity index (χ0v) is 34.1. The fourth-order valence-corrected chi connectivity index (χ4v) is 16.5. The Morgan fingerprint density at radius 2 is 0.789 bits per heavy atom. The van der Waals surface area contributed by atoms with Crippen LogP contribution in [0.3, 0.4) is 0 Å². The van der Waals surface area contributed by atoms with Crippen molar-refractivity contribution in [2.75, 3.05) is 4.90 Å². The number of nitrogens with zero attached hydrogens (tertiary/aromatic N) is 7. The van der Waals surface area contributed by atoms with Gasteiger partial charge < -0.3 is 4.90 Å². The number of rotatable bonds is 2. The zero-order valence-electron chi connectivity index (χ0n) is 32.1. The molecule has 0 spiro atoms. The molecule has 0 aliphatic carbocycles. The smallest absolute Gasteiger partial charge is 0.220 e. The van der Waals surface area contributed by atoms with Crippen LogP contribution in [0.4, 0.5) is 17.1 Å². The summed E-state index contributed by atoms with van der Waals surface area (Å²) in [5.74, 6) is 1.85. The molecule has 272 valence electrons. The lowest BCUT2D eigenvalue weighted by molar-refractivity contribution is 1.10. The molecule has 2 aliphatic heterocycles. The van der Waals surface area contributed by atoms with E-state index in [2.05, 4.69) is 201 Å². The van der Waals surface area contributed by atoms with Crippen molar-refractivity contribution in [3.63, 3.8) is 0 Å². The van der Waals surface area contributed by atoms with Gasteiger partial charge in [-0.3, -0.25) is 17.9 Å². The van der Waals surface area contributed by atoms with E-state index in [9.17, 15) is 0 Å². The molecule has 6 heterocycles. The second kappa shape index (κ2) is 10.6. The highest BCUT2D eigenvalue weighted by atomic mass is 28.3. The molecule has 11 aromatic rings. The fraction of sp³-hybridized carbons (Fsp3) is 0.0833. The van der Waals surface area contributed by atoms with Crippen LogP contribution < -0.4 is 25.6 Å². The average Bonchev–Trinajstić information content (AvgIpc) is 3.96. The van der Waals surface area contributed by atoms with Crippen LogP contribution in [0, 0.1) is 0 Å². The molecule has 0 atom stereocenters. The predicted molar refractivity (Wildman–Crippen MR) is 241 cm³/mol. The normalized spacial score (nSPS) is 15.3. The van der Waals surface area contributed by atoms with Crippen molar-refractivity contribution < 1.29 is 0 Å². The van der Waals surface area contributed by atoms with Crippen LogP contribution in [-0.2, 0) is 0 Å². The number of imidazole rings is 4. The number of fused-ring (bicyclic) bond motifs is 14. The van der Waals surface area contributed by atoms with E-state index >= 15 is 0 Å². The van der Waals surface area contributed by atoms with Crippen LogP contribution in [0.1, 0.15) is 0 Å². The van der Waals surface area contributed by atoms with Gasteiger partial charge in [0.05, 0.1) is 55.5 Å². The number of hydrogen-bond donors (Lipinski definition) is 0. The molecule has 0 unspecified atom stereocenters. The van der Waals surface area contributed by atoms with Gasteiger partial charge in [-0.25, -0.2) is 9.97 Å². The van der Waals surface area contributed by atoms with Crippen LogP contribution in [-0.4, -0.2) is 44.1 Å². The van der Waals surface area contributed by atoms with Crippen LogP contribution in [0.15, 0.2) is 152 Å². The summed E-state index contributed by atoms with van der Waals surface area (Å²) in [5, 5.41) is 5.92. The molecule has 0 fully saturated rings. The fourth-order valence-electron chi connectivity index (χ4n) is 10.4. The second-order valence-electron chi connectivity index (χ2n) is 16.8. The van der Waals surface area contributed by atoms with Crippen LogP contribution in [0.25, 0.3) is 67.1 Å². The molecular weight excluding hydrogens is 731 g/mol.